The van der Waals surface area contributed by atoms with E-state index in [1.165, 1.54) is 0 Å². The van der Waals surface area contributed by atoms with Gasteiger partial charge in [0.2, 0.25) is 5.91 Å². The molecule has 6 nitrogen and oxygen atoms in total. The molecule has 0 bridgehead atoms. The van der Waals surface area contributed by atoms with E-state index in [9.17, 15) is 19.5 Å². The SMILES string of the molecule is CCOC(=O)[C@@H](C)C[C@H](Cc1ccc(-c2ccccc2)cc1)NC(=O)CCC(=O)[O-]. The Morgan fingerprint density at radius 1 is 0.967 bits per heavy atom. The average molecular weight is 410 g/mol. The van der Waals surface area contributed by atoms with Crippen molar-refractivity contribution in [3.63, 3.8) is 0 Å². The lowest BCUT2D eigenvalue weighted by molar-refractivity contribution is -0.305. The van der Waals surface area contributed by atoms with Gasteiger partial charge in [0.25, 0.3) is 0 Å². The molecule has 0 saturated carbocycles. The summed E-state index contributed by atoms with van der Waals surface area (Å²) in [6, 6.07) is 17.7. The first-order chi connectivity index (χ1) is 14.4. The van der Waals surface area contributed by atoms with E-state index in [2.05, 4.69) is 5.32 Å². The number of esters is 1. The summed E-state index contributed by atoms with van der Waals surface area (Å²) in [4.78, 5) is 34.8. The number of nitrogens with one attached hydrogen (secondary N) is 1. The second kappa shape index (κ2) is 11.8. The first kappa shape index (κ1) is 23.1. The molecule has 0 unspecified atom stereocenters. The first-order valence-corrected chi connectivity index (χ1v) is 10.2. The summed E-state index contributed by atoms with van der Waals surface area (Å²) in [6.07, 6.45) is 0.434. The van der Waals surface area contributed by atoms with Crippen LogP contribution in [0.5, 0.6) is 0 Å². The van der Waals surface area contributed by atoms with Crippen LogP contribution < -0.4 is 10.4 Å². The van der Waals surface area contributed by atoms with Crippen molar-refractivity contribution in [1.82, 2.24) is 5.32 Å². The number of amides is 1. The van der Waals surface area contributed by atoms with E-state index in [1.807, 2.05) is 54.6 Å². The molecule has 1 N–H and O–H groups in total. The number of hydrogen-bond acceptors (Lipinski definition) is 5. The zero-order valence-electron chi connectivity index (χ0n) is 17.4. The normalized spacial score (nSPS) is 12.6. The number of aliphatic carboxylic acids is 1. The summed E-state index contributed by atoms with van der Waals surface area (Å²) in [5.41, 5.74) is 3.22. The minimum Gasteiger partial charge on any atom is -0.550 e. The Kier molecular flexibility index (Phi) is 9.06. The fraction of sp³-hybridized carbons (Fsp3) is 0.375. The molecule has 0 fully saturated rings. The number of carboxylic acid groups (broad SMARTS) is 1. The van der Waals surface area contributed by atoms with Gasteiger partial charge in [0, 0.05) is 18.4 Å². The summed E-state index contributed by atoms with van der Waals surface area (Å²) in [6.45, 7) is 3.81. The van der Waals surface area contributed by atoms with Crippen LogP contribution in [0.3, 0.4) is 0 Å². The minimum atomic E-state index is -1.27. The Morgan fingerprint density at radius 2 is 1.60 bits per heavy atom. The van der Waals surface area contributed by atoms with Crippen LogP contribution in [0.15, 0.2) is 54.6 Å². The fourth-order valence-corrected chi connectivity index (χ4v) is 3.26. The lowest BCUT2D eigenvalue weighted by Gasteiger charge is -2.22. The van der Waals surface area contributed by atoms with Crippen molar-refractivity contribution in [3.05, 3.63) is 60.2 Å². The van der Waals surface area contributed by atoms with Gasteiger partial charge in [-0.25, -0.2) is 0 Å². The molecule has 2 atom stereocenters. The van der Waals surface area contributed by atoms with Gasteiger partial charge < -0.3 is 20.0 Å². The molecule has 30 heavy (non-hydrogen) atoms. The quantitative estimate of drug-likeness (QED) is 0.574. The van der Waals surface area contributed by atoms with E-state index in [1.54, 1.807) is 13.8 Å². The van der Waals surface area contributed by atoms with Crippen LogP contribution in [-0.2, 0) is 25.5 Å². The molecule has 160 valence electrons. The maximum absolute atomic E-state index is 12.1. The zero-order chi connectivity index (χ0) is 21.9. The molecule has 6 heteroatoms. The van der Waals surface area contributed by atoms with Crippen molar-refractivity contribution in [2.24, 2.45) is 5.92 Å². The third-order valence-electron chi connectivity index (χ3n) is 4.79. The van der Waals surface area contributed by atoms with E-state index >= 15 is 0 Å². The highest BCUT2D eigenvalue weighted by Gasteiger charge is 2.22. The summed E-state index contributed by atoms with van der Waals surface area (Å²) in [5, 5.41) is 13.5. The fourth-order valence-electron chi connectivity index (χ4n) is 3.26. The number of hydrogen-bond donors (Lipinski definition) is 1. The van der Waals surface area contributed by atoms with E-state index in [-0.39, 0.29) is 36.7 Å². The average Bonchev–Trinajstić information content (AvgIpc) is 2.73. The van der Waals surface area contributed by atoms with E-state index in [0.29, 0.717) is 19.4 Å². The molecule has 0 aliphatic heterocycles. The van der Waals surface area contributed by atoms with Crippen molar-refractivity contribution in [1.29, 1.82) is 0 Å². The van der Waals surface area contributed by atoms with Crippen LogP contribution in [-0.4, -0.2) is 30.5 Å². The van der Waals surface area contributed by atoms with Crippen molar-refractivity contribution >= 4 is 17.8 Å². The van der Waals surface area contributed by atoms with E-state index in [0.717, 1.165) is 16.7 Å². The lowest BCUT2D eigenvalue weighted by Crippen LogP contribution is -2.39. The predicted octanol–water partition coefficient (Wildman–Crippen LogP) is 2.50. The van der Waals surface area contributed by atoms with Gasteiger partial charge in [0.05, 0.1) is 12.5 Å². The van der Waals surface area contributed by atoms with Gasteiger partial charge in [-0.15, -0.1) is 0 Å². The van der Waals surface area contributed by atoms with Crippen molar-refractivity contribution in [2.75, 3.05) is 6.61 Å². The molecule has 0 aliphatic rings. The van der Waals surface area contributed by atoms with Gasteiger partial charge in [0.1, 0.15) is 0 Å². The molecule has 2 aromatic rings. The van der Waals surface area contributed by atoms with Crippen LogP contribution in [0.2, 0.25) is 0 Å². The van der Waals surface area contributed by atoms with Gasteiger partial charge in [-0.1, -0.05) is 61.5 Å². The summed E-state index contributed by atoms with van der Waals surface area (Å²) >= 11 is 0. The molecule has 0 spiro atoms. The molecular formula is C24H28NO5-. The van der Waals surface area contributed by atoms with Crippen LogP contribution in [0, 0.1) is 5.92 Å². The molecule has 0 aromatic heterocycles. The lowest BCUT2D eigenvalue weighted by atomic mass is 9.94. The number of benzene rings is 2. The maximum atomic E-state index is 12.1. The van der Waals surface area contributed by atoms with Crippen LogP contribution in [0.1, 0.15) is 38.7 Å². The predicted molar refractivity (Wildman–Crippen MR) is 112 cm³/mol. The second-order valence-corrected chi connectivity index (χ2v) is 7.29. The highest BCUT2D eigenvalue weighted by Crippen LogP contribution is 2.21. The maximum Gasteiger partial charge on any atom is 0.308 e. The smallest absolute Gasteiger partial charge is 0.308 e. The number of carbonyl (C=O) groups is 3. The van der Waals surface area contributed by atoms with Gasteiger partial charge in [-0.2, -0.15) is 0 Å². The Labute approximate surface area is 177 Å². The molecule has 0 aliphatic carbocycles. The Bertz CT molecular complexity index is 832. The second-order valence-electron chi connectivity index (χ2n) is 7.29. The summed E-state index contributed by atoms with van der Waals surface area (Å²) in [7, 11) is 0. The van der Waals surface area contributed by atoms with Crippen molar-refractivity contribution < 1.29 is 24.2 Å². The van der Waals surface area contributed by atoms with E-state index < -0.39 is 5.97 Å². The van der Waals surface area contributed by atoms with Gasteiger partial charge in [-0.3, -0.25) is 9.59 Å². The highest BCUT2D eigenvalue weighted by atomic mass is 16.5. The number of carbonyl (C=O) groups excluding carboxylic acids is 3. The summed E-state index contributed by atoms with van der Waals surface area (Å²) in [5.74, 6) is -2.34. The molecule has 0 saturated heterocycles. The van der Waals surface area contributed by atoms with Crippen molar-refractivity contribution in [2.45, 2.75) is 45.6 Å². The highest BCUT2D eigenvalue weighted by molar-refractivity contribution is 5.80. The van der Waals surface area contributed by atoms with Crippen LogP contribution in [0.25, 0.3) is 11.1 Å². The van der Waals surface area contributed by atoms with Crippen molar-refractivity contribution in [3.8, 4) is 11.1 Å². The van der Waals surface area contributed by atoms with E-state index in [4.69, 9.17) is 4.74 Å². The van der Waals surface area contributed by atoms with Gasteiger partial charge in [0.15, 0.2) is 0 Å². The monoisotopic (exact) mass is 410 g/mol. The third-order valence-corrected chi connectivity index (χ3v) is 4.79. The number of rotatable bonds is 11. The Balaban J connectivity index is 2.07. The Hall–Kier alpha value is -3.15. The molecule has 1 amide bonds. The topological polar surface area (TPSA) is 95.5 Å². The number of carboxylic acids is 1. The van der Waals surface area contributed by atoms with Crippen LogP contribution >= 0.6 is 0 Å². The Morgan fingerprint density at radius 3 is 2.20 bits per heavy atom. The standard InChI is InChI=1S/C24H29NO5/c1-3-30-24(29)17(2)15-21(25-22(26)13-14-23(27)28)16-18-9-11-20(12-10-18)19-7-5-4-6-8-19/h4-12,17,21H,3,13-16H2,1-2H3,(H,25,26)(H,27,28)/p-1/t17-,21+/m0/s1. The van der Waals surface area contributed by atoms with Gasteiger partial charge >= 0.3 is 5.97 Å². The molecule has 0 heterocycles. The number of ether oxygens (including phenoxy) is 1. The summed E-state index contributed by atoms with van der Waals surface area (Å²) < 4.78 is 5.07. The van der Waals surface area contributed by atoms with Gasteiger partial charge in [-0.05, 0) is 42.9 Å². The minimum absolute atomic E-state index is 0.153. The first-order valence-electron chi connectivity index (χ1n) is 10.2. The molecule has 2 rings (SSSR count). The molecule has 2 aromatic carbocycles. The molecular weight excluding hydrogens is 382 g/mol. The molecule has 0 radical (unpaired) electrons. The largest absolute Gasteiger partial charge is 0.550 e. The third kappa shape index (κ3) is 7.70. The zero-order valence-corrected chi connectivity index (χ0v) is 17.4. The van der Waals surface area contributed by atoms with Crippen LogP contribution in [0.4, 0.5) is 0 Å².